The second-order valence-electron chi connectivity index (χ2n) is 4.64. The van der Waals surface area contributed by atoms with E-state index in [2.05, 4.69) is 11.9 Å². The second kappa shape index (κ2) is 6.19. The van der Waals surface area contributed by atoms with E-state index in [4.69, 9.17) is 0 Å². The predicted octanol–water partition coefficient (Wildman–Crippen LogP) is 1.27. The van der Waals surface area contributed by atoms with Gasteiger partial charge in [0.15, 0.2) is 0 Å². The van der Waals surface area contributed by atoms with Crippen LogP contribution in [0.1, 0.15) is 18.4 Å². The Kier molecular flexibility index (Phi) is 4.57. The van der Waals surface area contributed by atoms with Gasteiger partial charge < -0.3 is 5.32 Å². The van der Waals surface area contributed by atoms with Crippen LogP contribution in [0.2, 0.25) is 0 Å². The van der Waals surface area contributed by atoms with Crippen molar-refractivity contribution in [3.8, 4) is 0 Å². The fourth-order valence-electron chi connectivity index (χ4n) is 2.22. The Hall–Kier alpha value is -1.66. The predicted molar refractivity (Wildman–Crippen MR) is 76.5 cm³/mol. The average Bonchev–Trinajstić information content (AvgIpc) is 3.00. The molecule has 0 radical (unpaired) electrons. The van der Waals surface area contributed by atoms with Crippen LogP contribution in [0.5, 0.6) is 0 Å². The summed E-state index contributed by atoms with van der Waals surface area (Å²) < 4.78 is 26.6. The second-order valence-corrected chi connectivity index (χ2v) is 6.55. The van der Waals surface area contributed by atoms with E-state index >= 15 is 0 Å². The van der Waals surface area contributed by atoms with Gasteiger partial charge in [-0.05, 0) is 30.5 Å². The molecule has 0 atom stereocenters. The molecule has 1 saturated heterocycles. The quantitative estimate of drug-likeness (QED) is 0.832. The van der Waals surface area contributed by atoms with Gasteiger partial charge in [-0.3, -0.25) is 4.79 Å². The van der Waals surface area contributed by atoms with Crippen LogP contribution in [0.4, 0.5) is 0 Å². The van der Waals surface area contributed by atoms with Crippen molar-refractivity contribution in [2.24, 2.45) is 0 Å². The number of hydrogen-bond acceptors (Lipinski definition) is 3. The smallest absolute Gasteiger partial charge is 0.243 e. The molecule has 1 aromatic rings. The maximum absolute atomic E-state index is 12.6. The lowest BCUT2D eigenvalue weighted by Crippen LogP contribution is -2.29. The van der Waals surface area contributed by atoms with E-state index in [9.17, 15) is 13.2 Å². The van der Waals surface area contributed by atoms with Gasteiger partial charge in [0.05, 0.1) is 4.90 Å². The number of benzene rings is 1. The largest absolute Gasteiger partial charge is 0.348 e. The number of carbonyl (C=O) groups excluding carboxylic acids is 1. The molecule has 0 aliphatic carbocycles. The van der Waals surface area contributed by atoms with Crippen molar-refractivity contribution in [1.29, 1.82) is 0 Å². The van der Waals surface area contributed by atoms with Crippen LogP contribution in [0.25, 0.3) is 0 Å². The minimum absolute atomic E-state index is 0.175. The fourth-order valence-corrected chi connectivity index (χ4v) is 3.96. The molecule has 20 heavy (non-hydrogen) atoms. The number of carbonyl (C=O) groups is 1. The van der Waals surface area contributed by atoms with Crippen molar-refractivity contribution >= 4 is 15.9 Å². The van der Waals surface area contributed by atoms with E-state index in [0.717, 1.165) is 18.9 Å². The van der Waals surface area contributed by atoms with Crippen molar-refractivity contribution < 1.29 is 13.2 Å². The van der Waals surface area contributed by atoms with Gasteiger partial charge in [0.1, 0.15) is 0 Å². The monoisotopic (exact) mass is 294 g/mol. The van der Waals surface area contributed by atoms with Crippen molar-refractivity contribution in [3.63, 3.8) is 0 Å². The fraction of sp³-hybridized carbons (Fsp3) is 0.357. The lowest BCUT2D eigenvalue weighted by Gasteiger charge is -2.18. The van der Waals surface area contributed by atoms with Crippen molar-refractivity contribution in [3.05, 3.63) is 42.5 Å². The summed E-state index contributed by atoms with van der Waals surface area (Å²) in [5, 5.41) is 2.61. The molecule has 2 rings (SSSR count). The van der Waals surface area contributed by atoms with Gasteiger partial charge >= 0.3 is 0 Å². The van der Waals surface area contributed by atoms with Crippen LogP contribution < -0.4 is 5.32 Å². The van der Waals surface area contributed by atoms with Gasteiger partial charge in [-0.1, -0.05) is 24.8 Å². The number of sulfonamides is 1. The van der Waals surface area contributed by atoms with E-state index in [1.807, 2.05) is 0 Å². The lowest BCUT2D eigenvalue weighted by molar-refractivity contribution is -0.116. The molecule has 1 aliphatic rings. The molecule has 5 nitrogen and oxygen atoms in total. The topological polar surface area (TPSA) is 66.5 Å². The molecule has 0 saturated carbocycles. The van der Waals surface area contributed by atoms with Crippen LogP contribution in [0.15, 0.2) is 41.8 Å². The van der Waals surface area contributed by atoms with E-state index in [0.29, 0.717) is 18.7 Å². The number of nitrogens with zero attached hydrogens (tertiary/aromatic N) is 1. The summed E-state index contributed by atoms with van der Waals surface area (Å²) in [7, 11) is -3.47. The molecule has 1 amide bonds. The Bertz CT molecular complexity index is 605. The zero-order valence-electron chi connectivity index (χ0n) is 11.2. The van der Waals surface area contributed by atoms with Crippen LogP contribution in [0.3, 0.4) is 0 Å². The summed E-state index contributed by atoms with van der Waals surface area (Å²) in [5.41, 5.74) is 0.592. The molecule has 6 heteroatoms. The Balaban J connectivity index is 2.27. The first-order valence-corrected chi connectivity index (χ1v) is 7.98. The maximum Gasteiger partial charge on any atom is 0.243 e. The normalized spacial score (nSPS) is 16.0. The van der Waals surface area contributed by atoms with Crippen molar-refractivity contribution in [2.45, 2.75) is 24.3 Å². The number of rotatable bonds is 5. The van der Waals surface area contributed by atoms with Gasteiger partial charge in [0.2, 0.25) is 15.9 Å². The molecule has 108 valence electrons. The molecule has 1 aromatic carbocycles. The number of hydrogen-bond donors (Lipinski definition) is 1. The minimum Gasteiger partial charge on any atom is -0.348 e. The van der Waals surface area contributed by atoms with E-state index in [1.54, 1.807) is 24.3 Å². The van der Waals surface area contributed by atoms with Gasteiger partial charge in [-0.2, -0.15) is 4.31 Å². The van der Waals surface area contributed by atoms with E-state index < -0.39 is 10.0 Å². The lowest BCUT2D eigenvalue weighted by atomic mass is 10.2. The SMILES string of the molecule is C=CC(=O)NCc1ccccc1S(=O)(=O)N1CCCC1. The molecular weight excluding hydrogens is 276 g/mol. The Morgan fingerprint density at radius 3 is 2.60 bits per heavy atom. The molecule has 0 bridgehead atoms. The van der Waals surface area contributed by atoms with Crippen LogP contribution in [-0.4, -0.2) is 31.7 Å². The minimum atomic E-state index is -3.47. The van der Waals surface area contributed by atoms with E-state index in [1.165, 1.54) is 4.31 Å². The average molecular weight is 294 g/mol. The highest BCUT2D eigenvalue weighted by Gasteiger charge is 2.28. The van der Waals surface area contributed by atoms with Gasteiger partial charge in [0.25, 0.3) is 0 Å². The maximum atomic E-state index is 12.6. The molecule has 1 N–H and O–H groups in total. The Morgan fingerprint density at radius 2 is 1.95 bits per heavy atom. The standard InChI is InChI=1S/C14H18N2O3S/c1-2-14(17)15-11-12-7-3-4-8-13(12)20(18,19)16-9-5-6-10-16/h2-4,7-8H,1,5-6,9-11H2,(H,15,17). The highest BCUT2D eigenvalue weighted by Crippen LogP contribution is 2.23. The number of nitrogens with one attached hydrogen (secondary N) is 1. The van der Waals surface area contributed by atoms with Crippen LogP contribution in [0, 0.1) is 0 Å². The third kappa shape index (κ3) is 3.08. The first-order chi connectivity index (χ1) is 9.55. The summed E-state index contributed by atoms with van der Waals surface area (Å²) >= 11 is 0. The highest BCUT2D eigenvalue weighted by atomic mass is 32.2. The third-order valence-corrected chi connectivity index (χ3v) is 5.29. The number of amides is 1. The van der Waals surface area contributed by atoms with Crippen molar-refractivity contribution in [2.75, 3.05) is 13.1 Å². The third-order valence-electron chi connectivity index (χ3n) is 3.29. The summed E-state index contributed by atoms with van der Waals surface area (Å²) in [4.78, 5) is 11.5. The first-order valence-electron chi connectivity index (χ1n) is 6.54. The molecule has 0 spiro atoms. The summed E-state index contributed by atoms with van der Waals surface area (Å²) in [6.45, 7) is 4.67. The summed E-state index contributed by atoms with van der Waals surface area (Å²) in [6, 6.07) is 6.76. The first kappa shape index (κ1) is 14.7. The molecule has 1 aliphatic heterocycles. The van der Waals surface area contributed by atoms with Gasteiger partial charge in [-0.15, -0.1) is 0 Å². The molecule has 1 heterocycles. The molecular formula is C14H18N2O3S. The Labute approximate surface area is 119 Å². The van der Waals surface area contributed by atoms with Crippen LogP contribution >= 0.6 is 0 Å². The molecule has 1 fully saturated rings. The van der Waals surface area contributed by atoms with Crippen molar-refractivity contribution in [1.82, 2.24) is 9.62 Å². The van der Waals surface area contributed by atoms with Gasteiger partial charge in [-0.25, -0.2) is 8.42 Å². The van der Waals surface area contributed by atoms with Gasteiger partial charge in [0, 0.05) is 19.6 Å². The zero-order valence-corrected chi connectivity index (χ0v) is 12.0. The molecule has 0 aromatic heterocycles. The summed E-state index contributed by atoms with van der Waals surface area (Å²) in [5.74, 6) is -0.321. The van der Waals surface area contributed by atoms with E-state index in [-0.39, 0.29) is 17.3 Å². The van der Waals surface area contributed by atoms with Crippen LogP contribution in [-0.2, 0) is 21.4 Å². The summed E-state index contributed by atoms with van der Waals surface area (Å²) in [6.07, 6.45) is 2.96. The highest BCUT2D eigenvalue weighted by molar-refractivity contribution is 7.89. The zero-order chi connectivity index (χ0) is 14.6. The molecule has 0 unspecified atom stereocenters. The Morgan fingerprint density at radius 1 is 1.30 bits per heavy atom.